The second-order valence-corrected chi connectivity index (χ2v) is 7.58. The zero-order chi connectivity index (χ0) is 14.8. The summed E-state index contributed by atoms with van der Waals surface area (Å²) in [6.07, 6.45) is 3.29. The van der Waals surface area contributed by atoms with Crippen molar-refractivity contribution in [2.45, 2.75) is 30.7 Å². The van der Waals surface area contributed by atoms with E-state index < -0.39 is 10.0 Å². The summed E-state index contributed by atoms with van der Waals surface area (Å²) < 4.78 is 27.1. The van der Waals surface area contributed by atoms with E-state index in [4.69, 9.17) is 23.2 Å². The molecule has 20 heavy (non-hydrogen) atoms. The van der Waals surface area contributed by atoms with Gasteiger partial charge in [0.25, 0.3) is 0 Å². The number of rotatable bonds is 7. The third kappa shape index (κ3) is 4.09. The number of nitrogens with one attached hydrogen (secondary N) is 2. The maximum atomic E-state index is 12.3. The van der Waals surface area contributed by atoms with Crippen LogP contribution in [0, 0.1) is 5.92 Å². The molecule has 2 rings (SSSR count). The minimum absolute atomic E-state index is 0.0876. The summed E-state index contributed by atoms with van der Waals surface area (Å²) in [4.78, 5) is 0.0876. The summed E-state index contributed by atoms with van der Waals surface area (Å²) in [5.74, 6) is 0.679. The highest BCUT2D eigenvalue weighted by atomic mass is 35.5. The quantitative estimate of drug-likeness (QED) is 0.804. The van der Waals surface area contributed by atoms with E-state index in [1.54, 1.807) is 7.05 Å². The Morgan fingerprint density at radius 3 is 2.55 bits per heavy atom. The summed E-state index contributed by atoms with van der Waals surface area (Å²) >= 11 is 12.1. The first-order valence-electron chi connectivity index (χ1n) is 6.56. The summed E-state index contributed by atoms with van der Waals surface area (Å²) in [6.45, 7) is 0.938. The normalized spacial score (nSPS) is 15.6. The van der Waals surface area contributed by atoms with Crippen LogP contribution in [-0.4, -0.2) is 22.0 Å². The minimum Gasteiger partial charge on any atom is -0.316 e. The van der Waals surface area contributed by atoms with Gasteiger partial charge in [-0.1, -0.05) is 36.0 Å². The van der Waals surface area contributed by atoms with Crippen LogP contribution in [0.1, 0.15) is 24.8 Å². The van der Waals surface area contributed by atoms with Crippen LogP contribution in [0.25, 0.3) is 0 Å². The van der Waals surface area contributed by atoms with Crippen LogP contribution in [0.4, 0.5) is 0 Å². The molecule has 1 saturated carbocycles. The van der Waals surface area contributed by atoms with Crippen molar-refractivity contribution in [3.63, 3.8) is 0 Å². The van der Waals surface area contributed by atoms with Crippen molar-refractivity contribution in [1.29, 1.82) is 0 Å². The zero-order valence-electron chi connectivity index (χ0n) is 11.2. The van der Waals surface area contributed by atoms with Gasteiger partial charge in [0.1, 0.15) is 4.90 Å². The van der Waals surface area contributed by atoms with Crippen molar-refractivity contribution in [1.82, 2.24) is 10.0 Å². The molecular weight excluding hydrogens is 319 g/mol. The van der Waals surface area contributed by atoms with E-state index in [-0.39, 0.29) is 9.92 Å². The number of hydrogen-bond acceptors (Lipinski definition) is 3. The van der Waals surface area contributed by atoms with Gasteiger partial charge in [-0.25, -0.2) is 13.1 Å². The van der Waals surface area contributed by atoms with Crippen molar-refractivity contribution in [2.75, 3.05) is 13.6 Å². The lowest BCUT2D eigenvalue weighted by atomic mass is 10.2. The van der Waals surface area contributed by atoms with Gasteiger partial charge >= 0.3 is 0 Å². The number of halogens is 2. The smallest absolute Gasteiger partial charge is 0.242 e. The first-order valence-corrected chi connectivity index (χ1v) is 8.80. The zero-order valence-corrected chi connectivity index (χ0v) is 13.6. The molecule has 0 spiro atoms. The number of hydrogen-bond donors (Lipinski definition) is 2. The molecule has 0 atom stereocenters. The van der Waals surface area contributed by atoms with Gasteiger partial charge < -0.3 is 5.32 Å². The molecule has 0 unspecified atom stereocenters. The number of sulfonamides is 1. The highest BCUT2D eigenvalue weighted by Crippen LogP contribution is 2.32. The molecule has 1 aliphatic rings. The molecule has 0 amide bonds. The van der Waals surface area contributed by atoms with Crippen molar-refractivity contribution in [3.8, 4) is 0 Å². The van der Waals surface area contributed by atoms with Crippen LogP contribution >= 0.6 is 23.2 Å². The molecule has 0 heterocycles. The molecular formula is C13H18Cl2N2O2S. The van der Waals surface area contributed by atoms with Gasteiger partial charge in [-0.05, 0) is 37.1 Å². The van der Waals surface area contributed by atoms with Gasteiger partial charge in [0, 0.05) is 18.1 Å². The molecule has 0 bridgehead atoms. The first kappa shape index (κ1) is 16.0. The predicted molar refractivity (Wildman–Crippen MR) is 81.8 cm³/mol. The van der Waals surface area contributed by atoms with Crippen LogP contribution in [-0.2, 0) is 16.6 Å². The maximum Gasteiger partial charge on any atom is 0.242 e. The van der Waals surface area contributed by atoms with E-state index in [1.807, 2.05) is 0 Å². The molecule has 0 aliphatic heterocycles. The average molecular weight is 337 g/mol. The van der Waals surface area contributed by atoms with E-state index in [0.29, 0.717) is 29.6 Å². The van der Waals surface area contributed by atoms with Crippen LogP contribution in [0.5, 0.6) is 0 Å². The Kier molecular flexibility index (Phi) is 5.31. The standard InChI is InChI=1S/C13H18Cl2N2O2S/c1-16-8-10-6-13(12(15)7-11(10)14)20(18,19)17-5-4-9-2-3-9/h6-7,9,16-17H,2-5,8H2,1H3. The monoisotopic (exact) mass is 336 g/mol. The fourth-order valence-electron chi connectivity index (χ4n) is 1.98. The van der Waals surface area contributed by atoms with E-state index in [2.05, 4.69) is 10.0 Å². The molecule has 2 N–H and O–H groups in total. The highest BCUT2D eigenvalue weighted by Gasteiger charge is 2.23. The Labute approximate surface area is 129 Å². The largest absolute Gasteiger partial charge is 0.316 e. The van der Waals surface area contributed by atoms with E-state index >= 15 is 0 Å². The SMILES string of the molecule is CNCc1cc(S(=O)(=O)NCCC2CC2)c(Cl)cc1Cl. The third-order valence-corrected chi connectivity index (χ3v) is 5.58. The fourth-order valence-corrected chi connectivity index (χ4v) is 3.89. The third-order valence-electron chi connectivity index (χ3n) is 3.30. The second kappa shape index (κ2) is 6.62. The molecule has 1 aliphatic carbocycles. The Balaban J connectivity index is 2.17. The van der Waals surface area contributed by atoms with Crippen LogP contribution in [0.3, 0.4) is 0 Å². The van der Waals surface area contributed by atoms with Gasteiger partial charge in [-0.15, -0.1) is 0 Å². The lowest BCUT2D eigenvalue weighted by molar-refractivity contribution is 0.575. The summed E-state index contributed by atoms with van der Waals surface area (Å²) in [5.41, 5.74) is 0.709. The maximum absolute atomic E-state index is 12.3. The fraction of sp³-hybridized carbons (Fsp3) is 0.538. The van der Waals surface area contributed by atoms with Crippen molar-refractivity contribution in [2.24, 2.45) is 5.92 Å². The predicted octanol–water partition coefficient (Wildman–Crippen LogP) is 2.79. The summed E-state index contributed by atoms with van der Waals surface area (Å²) in [7, 11) is -1.81. The van der Waals surface area contributed by atoms with Gasteiger partial charge in [-0.3, -0.25) is 0 Å². The minimum atomic E-state index is -3.58. The molecule has 7 heteroatoms. The van der Waals surface area contributed by atoms with Gasteiger partial charge in [0.2, 0.25) is 10.0 Å². The molecule has 0 radical (unpaired) electrons. The summed E-state index contributed by atoms with van der Waals surface area (Å²) in [6, 6.07) is 3.01. The van der Waals surface area contributed by atoms with Gasteiger partial charge in [0.15, 0.2) is 0 Å². The lowest BCUT2D eigenvalue weighted by Crippen LogP contribution is -2.25. The van der Waals surface area contributed by atoms with Crippen molar-refractivity contribution < 1.29 is 8.42 Å². The van der Waals surface area contributed by atoms with Gasteiger partial charge in [-0.2, -0.15) is 0 Å². The van der Waals surface area contributed by atoms with Crippen LogP contribution in [0.15, 0.2) is 17.0 Å². The second-order valence-electron chi connectivity index (χ2n) is 5.03. The summed E-state index contributed by atoms with van der Waals surface area (Å²) in [5, 5.41) is 3.55. The van der Waals surface area contributed by atoms with Crippen molar-refractivity contribution >= 4 is 33.2 Å². The highest BCUT2D eigenvalue weighted by molar-refractivity contribution is 7.89. The van der Waals surface area contributed by atoms with Crippen molar-refractivity contribution in [3.05, 3.63) is 27.7 Å². The van der Waals surface area contributed by atoms with E-state index in [1.165, 1.54) is 25.0 Å². The molecule has 1 aromatic carbocycles. The van der Waals surface area contributed by atoms with E-state index in [0.717, 1.165) is 6.42 Å². The first-order chi connectivity index (χ1) is 9.44. The molecule has 112 valence electrons. The molecule has 0 saturated heterocycles. The molecule has 4 nitrogen and oxygen atoms in total. The average Bonchev–Trinajstić information content (AvgIpc) is 3.16. The number of benzene rings is 1. The molecule has 1 aromatic rings. The molecule has 0 aromatic heterocycles. The Hall–Kier alpha value is -0.330. The Bertz CT molecular complexity index is 586. The van der Waals surface area contributed by atoms with E-state index in [9.17, 15) is 8.42 Å². The Morgan fingerprint density at radius 2 is 1.95 bits per heavy atom. The topological polar surface area (TPSA) is 58.2 Å². The Morgan fingerprint density at radius 1 is 1.25 bits per heavy atom. The molecule has 1 fully saturated rings. The van der Waals surface area contributed by atoms with Crippen LogP contribution < -0.4 is 10.0 Å². The van der Waals surface area contributed by atoms with Gasteiger partial charge in [0.05, 0.1) is 5.02 Å². The van der Waals surface area contributed by atoms with Crippen LogP contribution in [0.2, 0.25) is 10.0 Å². The lowest BCUT2D eigenvalue weighted by Gasteiger charge is -2.11.